The summed E-state index contributed by atoms with van der Waals surface area (Å²) < 4.78 is 0. The van der Waals surface area contributed by atoms with Gasteiger partial charge in [-0.05, 0) is 83.6 Å². The van der Waals surface area contributed by atoms with Crippen LogP contribution in [0.5, 0.6) is 0 Å². The molecule has 6 aromatic rings. The third-order valence-corrected chi connectivity index (χ3v) is 7.65. The van der Waals surface area contributed by atoms with Crippen molar-refractivity contribution in [2.24, 2.45) is 0 Å². The van der Waals surface area contributed by atoms with Gasteiger partial charge in [0.1, 0.15) is 0 Å². The van der Waals surface area contributed by atoms with E-state index in [1.807, 2.05) is 12.1 Å². The summed E-state index contributed by atoms with van der Waals surface area (Å²) in [4.78, 5) is 14.7. The van der Waals surface area contributed by atoms with E-state index in [2.05, 4.69) is 125 Å². The predicted molar refractivity (Wildman–Crippen MR) is 161 cm³/mol. The molecule has 0 aliphatic heterocycles. The fourth-order valence-electron chi connectivity index (χ4n) is 5.84. The second kappa shape index (κ2) is 9.43. The van der Waals surface area contributed by atoms with Crippen molar-refractivity contribution in [1.82, 2.24) is 0 Å². The van der Waals surface area contributed by atoms with Gasteiger partial charge in [-0.3, -0.25) is 4.79 Å². The maximum atomic E-state index is 14.7. The minimum absolute atomic E-state index is 0.0476. The Morgan fingerprint density at radius 3 is 1.32 bits per heavy atom. The third kappa shape index (κ3) is 4.01. The number of hydrogen-bond donors (Lipinski definition) is 0. The first-order valence-electron chi connectivity index (χ1n) is 13.2. The molecule has 0 saturated carbocycles. The molecule has 0 N–H and O–H groups in total. The highest BCUT2D eigenvalue weighted by atomic mass is 16.1. The van der Waals surface area contributed by atoms with Gasteiger partial charge in [0.05, 0.1) is 0 Å². The highest BCUT2D eigenvalue weighted by molar-refractivity contribution is 6.22. The molecule has 0 amide bonds. The first kappa shape index (κ1) is 23.9. The molecule has 6 rings (SSSR count). The molecule has 0 radical (unpaired) electrons. The zero-order valence-electron chi connectivity index (χ0n) is 22.3. The van der Waals surface area contributed by atoms with Crippen molar-refractivity contribution in [3.8, 4) is 22.3 Å². The lowest BCUT2D eigenvalue weighted by Gasteiger charge is -2.19. The highest BCUT2D eigenvalue weighted by Gasteiger charge is 2.23. The fraction of sp³-hybridized carbons (Fsp3) is 0.108. The first-order chi connectivity index (χ1) is 18.4. The van der Waals surface area contributed by atoms with Crippen LogP contribution in [0.3, 0.4) is 0 Å². The predicted octanol–water partition coefficient (Wildman–Crippen LogP) is 9.79. The molecule has 0 unspecified atom stereocenters. The number of rotatable bonds is 4. The van der Waals surface area contributed by atoms with E-state index in [-0.39, 0.29) is 5.78 Å². The van der Waals surface area contributed by atoms with Crippen LogP contribution in [0.1, 0.15) is 38.2 Å². The Morgan fingerprint density at radius 1 is 0.474 bits per heavy atom. The smallest absolute Gasteiger partial charge is 0.194 e. The van der Waals surface area contributed by atoms with Crippen molar-refractivity contribution in [2.45, 2.75) is 27.7 Å². The molecule has 0 aliphatic carbocycles. The maximum Gasteiger partial charge on any atom is 0.194 e. The minimum atomic E-state index is 0.0476. The summed E-state index contributed by atoms with van der Waals surface area (Å²) in [6, 6.07) is 37.9. The van der Waals surface area contributed by atoms with E-state index in [0.29, 0.717) is 0 Å². The summed E-state index contributed by atoms with van der Waals surface area (Å²) in [5, 5.41) is 4.46. The SMILES string of the molecule is Cc1ccc(-c2c(C(=O)c3ccc4ccccc4c3-c3ccc(C)cc3C)ccc3ccccc23)c(C)c1. The molecule has 0 fully saturated rings. The standard InChI is InChI=1S/C37H30O/c1-23-13-17-29(25(3)21-23)35-31-11-7-5-9-27(31)15-19-33(35)37(38)34-20-16-28-10-6-8-12-32(28)36(34)30-18-14-24(2)22-26(30)4/h5-22H,1-4H3. The number of fused-ring (bicyclic) bond motifs is 2. The van der Waals surface area contributed by atoms with E-state index >= 15 is 0 Å². The van der Waals surface area contributed by atoms with Crippen molar-refractivity contribution in [3.05, 3.63) is 143 Å². The topological polar surface area (TPSA) is 17.1 Å². The van der Waals surface area contributed by atoms with Crippen molar-refractivity contribution >= 4 is 27.3 Å². The molecular weight excluding hydrogens is 460 g/mol. The van der Waals surface area contributed by atoms with E-state index < -0.39 is 0 Å². The summed E-state index contributed by atoms with van der Waals surface area (Å²) in [7, 11) is 0. The van der Waals surface area contributed by atoms with E-state index in [9.17, 15) is 4.79 Å². The quantitative estimate of drug-likeness (QED) is 0.225. The highest BCUT2D eigenvalue weighted by Crippen LogP contribution is 2.39. The largest absolute Gasteiger partial charge is 0.289 e. The van der Waals surface area contributed by atoms with Crippen LogP contribution in [-0.2, 0) is 0 Å². The van der Waals surface area contributed by atoms with Crippen molar-refractivity contribution in [2.75, 3.05) is 0 Å². The number of aryl methyl sites for hydroxylation is 4. The minimum Gasteiger partial charge on any atom is -0.289 e. The third-order valence-electron chi connectivity index (χ3n) is 7.65. The van der Waals surface area contributed by atoms with Crippen molar-refractivity contribution < 1.29 is 4.79 Å². The molecule has 0 saturated heterocycles. The Hall–Kier alpha value is -4.49. The molecule has 0 aromatic heterocycles. The van der Waals surface area contributed by atoms with E-state index in [4.69, 9.17) is 0 Å². The van der Waals surface area contributed by atoms with Gasteiger partial charge in [-0.25, -0.2) is 0 Å². The monoisotopic (exact) mass is 490 g/mol. The number of hydrogen-bond acceptors (Lipinski definition) is 1. The van der Waals surface area contributed by atoms with E-state index in [1.165, 1.54) is 22.3 Å². The molecule has 1 heteroatoms. The van der Waals surface area contributed by atoms with Gasteiger partial charge in [0.25, 0.3) is 0 Å². The maximum absolute atomic E-state index is 14.7. The van der Waals surface area contributed by atoms with Crippen LogP contribution in [0.25, 0.3) is 43.8 Å². The zero-order chi connectivity index (χ0) is 26.4. The van der Waals surface area contributed by atoms with Gasteiger partial charge in [-0.15, -0.1) is 0 Å². The molecule has 0 heterocycles. The lowest BCUT2D eigenvalue weighted by atomic mass is 9.83. The average molecular weight is 491 g/mol. The number of ketones is 1. The Morgan fingerprint density at radius 2 is 0.895 bits per heavy atom. The lowest BCUT2D eigenvalue weighted by molar-refractivity contribution is 0.104. The Labute approximate surface area is 224 Å². The van der Waals surface area contributed by atoms with Crippen LogP contribution in [0.4, 0.5) is 0 Å². The molecule has 0 aliphatic rings. The molecule has 184 valence electrons. The van der Waals surface area contributed by atoms with Gasteiger partial charge < -0.3 is 0 Å². The Kier molecular flexibility index (Phi) is 5.93. The zero-order valence-corrected chi connectivity index (χ0v) is 22.3. The normalized spacial score (nSPS) is 11.3. The summed E-state index contributed by atoms with van der Waals surface area (Å²) in [6.07, 6.45) is 0. The van der Waals surface area contributed by atoms with Crippen LogP contribution >= 0.6 is 0 Å². The molecule has 6 aromatic carbocycles. The summed E-state index contributed by atoms with van der Waals surface area (Å²) in [5.41, 5.74) is 10.4. The van der Waals surface area contributed by atoms with Crippen molar-refractivity contribution in [3.63, 3.8) is 0 Å². The number of carbonyl (C=O) groups excluding carboxylic acids is 1. The number of benzene rings is 6. The van der Waals surface area contributed by atoms with Crippen molar-refractivity contribution in [1.29, 1.82) is 0 Å². The second-order valence-electron chi connectivity index (χ2n) is 10.4. The van der Waals surface area contributed by atoms with Gasteiger partial charge in [0.2, 0.25) is 0 Å². The van der Waals surface area contributed by atoms with E-state index in [0.717, 1.165) is 54.9 Å². The van der Waals surface area contributed by atoms with Crippen LogP contribution < -0.4 is 0 Å². The molecule has 1 nitrogen and oxygen atoms in total. The fourth-order valence-corrected chi connectivity index (χ4v) is 5.84. The van der Waals surface area contributed by atoms with Gasteiger partial charge >= 0.3 is 0 Å². The molecule has 0 bridgehead atoms. The Bertz CT molecular complexity index is 1740. The number of carbonyl (C=O) groups is 1. The molecule has 0 spiro atoms. The second-order valence-corrected chi connectivity index (χ2v) is 10.4. The van der Waals surface area contributed by atoms with Crippen LogP contribution in [0.15, 0.2) is 109 Å². The summed E-state index contributed by atoms with van der Waals surface area (Å²) in [6.45, 7) is 8.49. The Balaban J connectivity index is 1.67. The first-order valence-corrected chi connectivity index (χ1v) is 13.2. The van der Waals surface area contributed by atoms with Gasteiger partial charge in [0.15, 0.2) is 5.78 Å². The molecule has 38 heavy (non-hydrogen) atoms. The summed E-state index contributed by atoms with van der Waals surface area (Å²) >= 11 is 0. The average Bonchev–Trinajstić information content (AvgIpc) is 2.92. The van der Waals surface area contributed by atoms with Gasteiger partial charge in [-0.2, -0.15) is 0 Å². The van der Waals surface area contributed by atoms with Crippen LogP contribution in [0, 0.1) is 27.7 Å². The summed E-state index contributed by atoms with van der Waals surface area (Å²) in [5.74, 6) is 0.0476. The lowest BCUT2D eigenvalue weighted by Crippen LogP contribution is -2.07. The molecular formula is C37H30O. The van der Waals surface area contributed by atoms with Gasteiger partial charge in [-0.1, -0.05) is 108 Å². The van der Waals surface area contributed by atoms with Crippen LogP contribution in [0.2, 0.25) is 0 Å². The van der Waals surface area contributed by atoms with E-state index in [1.54, 1.807) is 0 Å². The van der Waals surface area contributed by atoms with Gasteiger partial charge in [0, 0.05) is 22.3 Å². The molecule has 0 atom stereocenters. The van der Waals surface area contributed by atoms with Crippen LogP contribution in [-0.4, -0.2) is 5.78 Å².